The normalized spacial score (nSPS) is 22.9. The van der Waals surface area contributed by atoms with Crippen molar-refractivity contribution in [2.75, 3.05) is 13.1 Å². The summed E-state index contributed by atoms with van der Waals surface area (Å²) in [6.07, 6.45) is 1.57. The van der Waals surface area contributed by atoms with E-state index in [4.69, 9.17) is 5.73 Å². The molecule has 1 aliphatic rings. The molecular formula is C14H17F3N2O. The van der Waals surface area contributed by atoms with Gasteiger partial charge in [0.15, 0.2) is 17.5 Å². The highest BCUT2D eigenvalue weighted by Gasteiger charge is 2.30. The summed E-state index contributed by atoms with van der Waals surface area (Å²) in [5.74, 6) is -4.34. The number of nitrogens with zero attached hydrogens (tertiary/aromatic N) is 1. The van der Waals surface area contributed by atoms with Crippen LogP contribution in [0.15, 0.2) is 12.1 Å². The molecule has 1 heterocycles. The van der Waals surface area contributed by atoms with Crippen LogP contribution >= 0.6 is 0 Å². The molecule has 0 radical (unpaired) electrons. The Kier molecular flexibility index (Phi) is 4.32. The predicted octanol–water partition coefficient (Wildman–Crippen LogP) is 2.30. The number of nitrogens with two attached hydrogens (primary N) is 1. The van der Waals surface area contributed by atoms with Crippen molar-refractivity contribution in [3.8, 4) is 0 Å². The Bertz CT molecular complexity index is 498. The van der Waals surface area contributed by atoms with Gasteiger partial charge in [0.2, 0.25) is 0 Å². The third kappa shape index (κ3) is 2.80. The first-order valence-corrected chi connectivity index (χ1v) is 6.59. The minimum Gasteiger partial charge on any atom is -0.334 e. The minimum atomic E-state index is -1.57. The van der Waals surface area contributed by atoms with Crippen LogP contribution in [0.2, 0.25) is 0 Å². The van der Waals surface area contributed by atoms with Crippen LogP contribution < -0.4 is 5.73 Å². The second-order valence-electron chi connectivity index (χ2n) is 5.27. The summed E-state index contributed by atoms with van der Waals surface area (Å²) in [5, 5.41) is 0. The van der Waals surface area contributed by atoms with Crippen LogP contribution in [0, 0.1) is 23.4 Å². The third-order valence-electron chi connectivity index (χ3n) is 3.74. The standard InChI is InChI=1S/C14H17F3N2O/c1-8-2-3-19(10(4-8)7-18)14(20)9-5-11(15)13(17)12(16)6-9/h5-6,8,10H,2-4,7,18H2,1H3. The molecule has 0 aromatic heterocycles. The van der Waals surface area contributed by atoms with E-state index >= 15 is 0 Å². The highest BCUT2D eigenvalue weighted by molar-refractivity contribution is 5.94. The molecule has 1 aromatic carbocycles. The number of piperidine rings is 1. The van der Waals surface area contributed by atoms with Crippen LogP contribution in [0.3, 0.4) is 0 Å². The maximum Gasteiger partial charge on any atom is 0.254 e. The summed E-state index contributed by atoms with van der Waals surface area (Å²) in [5.41, 5.74) is 5.47. The van der Waals surface area contributed by atoms with E-state index in [1.54, 1.807) is 0 Å². The van der Waals surface area contributed by atoms with Gasteiger partial charge in [-0.2, -0.15) is 0 Å². The van der Waals surface area contributed by atoms with Crippen molar-refractivity contribution in [3.05, 3.63) is 35.1 Å². The van der Waals surface area contributed by atoms with Gasteiger partial charge in [-0.05, 0) is 30.9 Å². The smallest absolute Gasteiger partial charge is 0.254 e. The molecule has 1 fully saturated rings. The molecule has 20 heavy (non-hydrogen) atoms. The summed E-state index contributed by atoms with van der Waals surface area (Å²) < 4.78 is 39.3. The molecule has 2 N–H and O–H groups in total. The molecule has 0 bridgehead atoms. The molecule has 1 aliphatic heterocycles. The first-order valence-electron chi connectivity index (χ1n) is 6.59. The molecule has 1 amide bonds. The fourth-order valence-electron chi connectivity index (χ4n) is 2.59. The fourth-order valence-corrected chi connectivity index (χ4v) is 2.59. The quantitative estimate of drug-likeness (QED) is 0.848. The SMILES string of the molecule is CC1CCN(C(=O)c2cc(F)c(F)c(F)c2)C(CN)C1. The molecule has 1 aromatic rings. The lowest BCUT2D eigenvalue weighted by Crippen LogP contribution is -2.49. The van der Waals surface area contributed by atoms with Crippen molar-refractivity contribution >= 4 is 5.91 Å². The molecule has 1 saturated heterocycles. The van der Waals surface area contributed by atoms with E-state index in [-0.39, 0.29) is 11.6 Å². The third-order valence-corrected chi connectivity index (χ3v) is 3.74. The molecule has 3 nitrogen and oxygen atoms in total. The molecule has 2 rings (SSSR count). The Labute approximate surface area is 115 Å². The molecule has 0 aliphatic carbocycles. The second kappa shape index (κ2) is 5.83. The van der Waals surface area contributed by atoms with Crippen LogP contribution in [0.1, 0.15) is 30.1 Å². The van der Waals surface area contributed by atoms with E-state index in [1.807, 2.05) is 0 Å². The Morgan fingerprint density at radius 1 is 1.35 bits per heavy atom. The first kappa shape index (κ1) is 14.8. The van der Waals surface area contributed by atoms with E-state index in [9.17, 15) is 18.0 Å². The monoisotopic (exact) mass is 286 g/mol. The molecule has 2 atom stereocenters. The number of hydrogen-bond acceptors (Lipinski definition) is 2. The van der Waals surface area contributed by atoms with E-state index in [0.29, 0.717) is 19.0 Å². The summed E-state index contributed by atoms with van der Waals surface area (Å²) in [6.45, 7) is 2.85. The van der Waals surface area contributed by atoms with Crippen LogP contribution in [0.4, 0.5) is 13.2 Å². The van der Waals surface area contributed by atoms with E-state index in [0.717, 1.165) is 25.0 Å². The Morgan fingerprint density at radius 3 is 2.50 bits per heavy atom. The Morgan fingerprint density at radius 2 is 1.95 bits per heavy atom. The number of rotatable bonds is 2. The van der Waals surface area contributed by atoms with Gasteiger partial charge in [-0.15, -0.1) is 0 Å². The first-order chi connectivity index (χ1) is 9.43. The number of hydrogen-bond donors (Lipinski definition) is 1. The summed E-state index contributed by atoms with van der Waals surface area (Å²) >= 11 is 0. The molecule has 2 unspecified atom stereocenters. The van der Waals surface area contributed by atoms with Crippen molar-refractivity contribution in [2.24, 2.45) is 11.7 Å². The van der Waals surface area contributed by atoms with Gasteiger partial charge in [0, 0.05) is 24.7 Å². The largest absolute Gasteiger partial charge is 0.334 e. The van der Waals surface area contributed by atoms with Crippen LogP contribution in [-0.4, -0.2) is 29.9 Å². The van der Waals surface area contributed by atoms with Crippen LogP contribution in [-0.2, 0) is 0 Å². The zero-order chi connectivity index (χ0) is 14.9. The van der Waals surface area contributed by atoms with E-state index < -0.39 is 23.4 Å². The van der Waals surface area contributed by atoms with Gasteiger partial charge >= 0.3 is 0 Å². The van der Waals surface area contributed by atoms with Crippen molar-refractivity contribution in [1.29, 1.82) is 0 Å². The van der Waals surface area contributed by atoms with Crippen LogP contribution in [0.5, 0.6) is 0 Å². The summed E-state index contributed by atoms with van der Waals surface area (Å²) in [7, 11) is 0. The molecule has 110 valence electrons. The Hall–Kier alpha value is -1.56. The van der Waals surface area contributed by atoms with Crippen molar-refractivity contribution in [1.82, 2.24) is 4.90 Å². The van der Waals surface area contributed by atoms with Crippen molar-refractivity contribution in [2.45, 2.75) is 25.8 Å². The number of likely N-dealkylation sites (tertiary alicyclic amines) is 1. The number of carbonyl (C=O) groups is 1. The lowest BCUT2D eigenvalue weighted by atomic mass is 9.92. The predicted molar refractivity (Wildman–Crippen MR) is 68.6 cm³/mol. The van der Waals surface area contributed by atoms with Gasteiger partial charge in [0.1, 0.15) is 0 Å². The maximum atomic E-state index is 13.2. The number of benzene rings is 1. The van der Waals surface area contributed by atoms with Gasteiger partial charge < -0.3 is 10.6 Å². The van der Waals surface area contributed by atoms with Crippen LogP contribution in [0.25, 0.3) is 0 Å². The van der Waals surface area contributed by atoms with E-state index in [1.165, 1.54) is 4.90 Å². The second-order valence-corrected chi connectivity index (χ2v) is 5.27. The minimum absolute atomic E-state index is 0.151. The number of amides is 1. The zero-order valence-corrected chi connectivity index (χ0v) is 11.2. The highest BCUT2D eigenvalue weighted by Crippen LogP contribution is 2.24. The van der Waals surface area contributed by atoms with E-state index in [2.05, 4.69) is 6.92 Å². The average molecular weight is 286 g/mol. The topological polar surface area (TPSA) is 46.3 Å². The Balaban J connectivity index is 2.26. The fraction of sp³-hybridized carbons (Fsp3) is 0.500. The average Bonchev–Trinajstić information content (AvgIpc) is 2.43. The van der Waals surface area contributed by atoms with Crippen molar-refractivity contribution < 1.29 is 18.0 Å². The molecule has 6 heteroatoms. The molecular weight excluding hydrogens is 269 g/mol. The molecule has 0 saturated carbocycles. The lowest BCUT2D eigenvalue weighted by molar-refractivity contribution is 0.0572. The molecule has 0 spiro atoms. The summed E-state index contributed by atoms with van der Waals surface area (Å²) in [6, 6.07) is 1.31. The van der Waals surface area contributed by atoms with Gasteiger partial charge in [-0.25, -0.2) is 13.2 Å². The maximum absolute atomic E-state index is 13.2. The summed E-state index contributed by atoms with van der Waals surface area (Å²) in [4.78, 5) is 13.8. The van der Waals surface area contributed by atoms with Gasteiger partial charge in [-0.3, -0.25) is 4.79 Å². The zero-order valence-electron chi connectivity index (χ0n) is 11.2. The van der Waals surface area contributed by atoms with Gasteiger partial charge in [0.25, 0.3) is 5.91 Å². The van der Waals surface area contributed by atoms with Crippen molar-refractivity contribution in [3.63, 3.8) is 0 Å². The van der Waals surface area contributed by atoms with Gasteiger partial charge in [0.05, 0.1) is 0 Å². The number of halogens is 3. The van der Waals surface area contributed by atoms with Gasteiger partial charge in [-0.1, -0.05) is 6.92 Å². The number of carbonyl (C=O) groups excluding carboxylic acids is 1. The highest BCUT2D eigenvalue weighted by atomic mass is 19.2. The lowest BCUT2D eigenvalue weighted by Gasteiger charge is -2.38.